The molecule has 7 heteroatoms. The SMILES string of the molecule is CCc1cn[nH]c1C1CCN(C(=O)CCn2c(C)cc(C)nc2=O)CC1. The van der Waals surface area contributed by atoms with Crippen molar-refractivity contribution in [3.8, 4) is 0 Å². The van der Waals surface area contributed by atoms with Gasteiger partial charge in [0, 0.05) is 49.1 Å². The molecule has 2 aromatic rings. The number of likely N-dealkylation sites (tertiary alicyclic amines) is 1. The summed E-state index contributed by atoms with van der Waals surface area (Å²) in [7, 11) is 0. The summed E-state index contributed by atoms with van der Waals surface area (Å²) in [6.07, 6.45) is 5.12. The number of carbonyl (C=O) groups is 1. The number of H-pyrrole nitrogens is 1. The molecule has 0 unspecified atom stereocenters. The first kappa shape index (κ1) is 18.4. The molecule has 0 radical (unpaired) electrons. The number of amides is 1. The van der Waals surface area contributed by atoms with E-state index in [1.165, 1.54) is 11.3 Å². The van der Waals surface area contributed by atoms with Crippen LogP contribution >= 0.6 is 0 Å². The van der Waals surface area contributed by atoms with Crippen LogP contribution in [0.25, 0.3) is 0 Å². The lowest BCUT2D eigenvalue weighted by molar-refractivity contribution is -0.132. The van der Waals surface area contributed by atoms with Gasteiger partial charge in [0.05, 0.1) is 6.20 Å². The van der Waals surface area contributed by atoms with E-state index in [4.69, 9.17) is 0 Å². The molecule has 26 heavy (non-hydrogen) atoms. The molecule has 0 saturated carbocycles. The van der Waals surface area contributed by atoms with Crippen LogP contribution in [0.4, 0.5) is 0 Å². The van der Waals surface area contributed by atoms with Crippen molar-refractivity contribution in [3.05, 3.63) is 45.4 Å². The Kier molecular flexibility index (Phi) is 5.54. The number of aryl methyl sites for hydroxylation is 3. The predicted molar refractivity (Wildman–Crippen MR) is 99.1 cm³/mol. The molecule has 0 aliphatic carbocycles. The van der Waals surface area contributed by atoms with Crippen molar-refractivity contribution >= 4 is 5.91 Å². The Morgan fingerprint density at radius 3 is 2.69 bits per heavy atom. The number of hydrogen-bond acceptors (Lipinski definition) is 4. The van der Waals surface area contributed by atoms with E-state index in [9.17, 15) is 9.59 Å². The van der Waals surface area contributed by atoms with Crippen molar-refractivity contribution < 1.29 is 4.79 Å². The first-order chi connectivity index (χ1) is 12.5. The maximum absolute atomic E-state index is 12.5. The molecule has 0 spiro atoms. The molecule has 3 rings (SSSR count). The minimum atomic E-state index is -0.277. The molecule has 1 aliphatic heterocycles. The third-order valence-corrected chi connectivity index (χ3v) is 5.28. The third-order valence-electron chi connectivity index (χ3n) is 5.28. The van der Waals surface area contributed by atoms with Crippen molar-refractivity contribution in [2.45, 2.75) is 58.9 Å². The largest absolute Gasteiger partial charge is 0.347 e. The smallest absolute Gasteiger partial charge is 0.343 e. The molecule has 2 aromatic heterocycles. The molecule has 1 fully saturated rings. The molecule has 0 bridgehead atoms. The Morgan fingerprint density at radius 2 is 2.04 bits per heavy atom. The summed E-state index contributed by atoms with van der Waals surface area (Å²) in [6.45, 7) is 7.71. The molecule has 140 valence electrons. The van der Waals surface area contributed by atoms with E-state index in [0.29, 0.717) is 24.6 Å². The van der Waals surface area contributed by atoms with Gasteiger partial charge in [0.1, 0.15) is 0 Å². The molecule has 1 N–H and O–H groups in total. The van der Waals surface area contributed by atoms with Crippen LogP contribution in [0, 0.1) is 13.8 Å². The topological polar surface area (TPSA) is 83.9 Å². The average molecular weight is 357 g/mol. The lowest BCUT2D eigenvalue weighted by Crippen LogP contribution is -2.39. The second kappa shape index (κ2) is 7.85. The van der Waals surface area contributed by atoms with Crippen LogP contribution in [0.15, 0.2) is 17.1 Å². The van der Waals surface area contributed by atoms with Gasteiger partial charge >= 0.3 is 5.69 Å². The summed E-state index contributed by atoms with van der Waals surface area (Å²) < 4.78 is 1.58. The fourth-order valence-electron chi connectivity index (χ4n) is 3.79. The molecular weight excluding hydrogens is 330 g/mol. The first-order valence-corrected chi connectivity index (χ1v) is 9.34. The van der Waals surface area contributed by atoms with Crippen LogP contribution in [0.2, 0.25) is 0 Å². The predicted octanol–water partition coefficient (Wildman–Crippen LogP) is 1.94. The van der Waals surface area contributed by atoms with Gasteiger partial charge in [-0.2, -0.15) is 10.1 Å². The zero-order valence-electron chi connectivity index (χ0n) is 15.8. The van der Waals surface area contributed by atoms with Crippen molar-refractivity contribution in [3.63, 3.8) is 0 Å². The maximum Gasteiger partial charge on any atom is 0.347 e. The van der Waals surface area contributed by atoms with Crippen LogP contribution < -0.4 is 5.69 Å². The fourth-order valence-corrected chi connectivity index (χ4v) is 3.79. The quantitative estimate of drug-likeness (QED) is 0.886. The van der Waals surface area contributed by atoms with Crippen molar-refractivity contribution in [1.29, 1.82) is 0 Å². The van der Waals surface area contributed by atoms with Gasteiger partial charge < -0.3 is 4.90 Å². The van der Waals surface area contributed by atoms with Gasteiger partial charge in [-0.1, -0.05) is 6.92 Å². The van der Waals surface area contributed by atoms with E-state index in [1.807, 2.05) is 24.1 Å². The standard InChI is InChI=1S/C19H27N5O2/c1-4-15-12-20-22-18(15)16-5-8-23(9-6-16)17(25)7-10-24-14(3)11-13(2)21-19(24)26/h11-12,16H,4-10H2,1-3H3,(H,20,22). The zero-order chi connectivity index (χ0) is 18.7. The minimum absolute atomic E-state index is 0.107. The number of hydrogen-bond donors (Lipinski definition) is 1. The van der Waals surface area contributed by atoms with E-state index in [-0.39, 0.29) is 11.6 Å². The summed E-state index contributed by atoms with van der Waals surface area (Å²) in [5.41, 5.74) is 3.78. The monoisotopic (exact) mass is 357 g/mol. The van der Waals surface area contributed by atoms with Crippen molar-refractivity contribution in [2.24, 2.45) is 0 Å². The second-order valence-electron chi connectivity index (χ2n) is 7.04. The van der Waals surface area contributed by atoms with E-state index in [2.05, 4.69) is 22.1 Å². The van der Waals surface area contributed by atoms with Crippen LogP contribution in [0.1, 0.15) is 54.7 Å². The number of nitrogens with one attached hydrogen (secondary N) is 1. The number of rotatable bonds is 5. The Bertz CT molecular complexity index is 831. The number of nitrogens with zero attached hydrogens (tertiary/aromatic N) is 4. The van der Waals surface area contributed by atoms with E-state index in [0.717, 1.165) is 38.0 Å². The van der Waals surface area contributed by atoms with Gasteiger partial charge in [-0.25, -0.2) is 4.79 Å². The highest BCUT2D eigenvalue weighted by Gasteiger charge is 2.26. The number of carbonyl (C=O) groups excluding carboxylic acids is 1. The van der Waals surface area contributed by atoms with Crippen LogP contribution in [-0.2, 0) is 17.8 Å². The molecule has 7 nitrogen and oxygen atoms in total. The normalized spacial score (nSPS) is 15.4. The minimum Gasteiger partial charge on any atom is -0.343 e. The Labute approximate surface area is 153 Å². The number of piperidine rings is 1. The molecular formula is C19H27N5O2. The molecule has 1 amide bonds. The van der Waals surface area contributed by atoms with Gasteiger partial charge in [-0.05, 0) is 44.7 Å². The molecule has 0 aromatic carbocycles. The van der Waals surface area contributed by atoms with Gasteiger partial charge in [-0.3, -0.25) is 14.5 Å². The van der Waals surface area contributed by atoms with E-state index < -0.39 is 0 Å². The van der Waals surface area contributed by atoms with Gasteiger partial charge in [-0.15, -0.1) is 0 Å². The maximum atomic E-state index is 12.5. The molecule has 1 saturated heterocycles. The van der Waals surface area contributed by atoms with Gasteiger partial charge in [0.15, 0.2) is 0 Å². The Hall–Kier alpha value is -2.44. The summed E-state index contributed by atoms with van der Waals surface area (Å²) in [6, 6.07) is 1.87. The first-order valence-electron chi connectivity index (χ1n) is 9.34. The Morgan fingerprint density at radius 1 is 1.31 bits per heavy atom. The van der Waals surface area contributed by atoms with Crippen molar-refractivity contribution in [1.82, 2.24) is 24.6 Å². The molecule has 1 aliphatic rings. The van der Waals surface area contributed by atoms with Crippen molar-refractivity contribution in [2.75, 3.05) is 13.1 Å². The summed E-state index contributed by atoms with van der Waals surface area (Å²) in [4.78, 5) is 30.4. The molecule has 0 atom stereocenters. The fraction of sp³-hybridized carbons (Fsp3) is 0.579. The zero-order valence-corrected chi connectivity index (χ0v) is 15.8. The van der Waals surface area contributed by atoms with E-state index in [1.54, 1.807) is 11.5 Å². The molecule has 3 heterocycles. The van der Waals surface area contributed by atoms with Crippen LogP contribution in [-0.4, -0.2) is 43.6 Å². The van der Waals surface area contributed by atoms with E-state index >= 15 is 0 Å². The summed E-state index contributed by atoms with van der Waals surface area (Å²) in [5, 5.41) is 7.30. The van der Waals surface area contributed by atoms with Crippen LogP contribution in [0.3, 0.4) is 0 Å². The Balaban J connectivity index is 1.55. The highest BCUT2D eigenvalue weighted by Crippen LogP contribution is 2.29. The number of aromatic amines is 1. The van der Waals surface area contributed by atoms with Gasteiger partial charge in [0.2, 0.25) is 5.91 Å². The summed E-state index contributed by atoms with van der Waals surface area (Å²) in [5.74, 6) is 0.554. The average Bonchev–Trinajstić information content (AvgIpc) is 3.09. The lowest BCUT2D eigenvalue weighted by Gasteiger charge is -2.32. The number of aromatic nitrogens is 4. The highest BCUT2D eigenvalue weighted by atomic mass is 16.2. The second-order valence-corrected chi connectivity index (χ2v) is 7.04. The summed E-state index contributed by atoms with van der Waals surface area (Å²) >= 11 is 0. The highest BCUT2D eigenvalue weighted by molar-refractivity contribution is 5.76. The third kappa shape index (κ3) is 3.86. The van der Waals surface area contributed by atoms with Crippen LogP contribution in [0.5, 0.6) is 0 Å². The lowest BCUT2D eigenvalue weighted by atomic mass is 9.90. The van der Waals surface area contributed by atoms with Gasteiger partial charge in [0.25, 0.3) is 0 Å².